The van der Waals surface area contributed by atoms with Crippen molar-refractivity contribution in [1.82, 2.24) is 19.6 Å². The van der Waals surface area contributed by atoms with Crippen LogP contribution in [0.1, 0.15) is 24.9 Å². The lowest BCUT2D eigenvalue weighted by atomic mass is 10.2. The maximum Gasteiger partial charge on any atom is 0.250 e. The van der Waals surface area contributed by atoms with Crippen molar-refractivity contribution in [3.63, 3.8) is 0 Å². The van der Waals surface area contributed by atoms with Crippen LogP contribution in [0.15, 0.2) is 41.3 Å². The van der Waals surface area contributed by atoms with Gasteiger partial charge in [-0.05, 0) is 40.0 Å². The molecule has 0 saturated heterocycles. The average molecular weight is 492 g/mol. The number of hydrogen-bond acceptors (Lipinski definition) is 3. The highest BCUT2D eigenvalue weighted by Crippen LogP contribution is 2.25. The van der Waals surface area contributed by atoms with Crippen molar-refractivity contribution < 1.29 is 4.79 Å². The Bertz CT molecular complexity index is 971. The number of nitrogens with zero attached hydrogens (tertiary/aromatic N) is 4. The zero-order chi connectivity index (χ0) is 19.6. The smallest absolute Gasteiger partial charge is 0.250 e. The number of anilines is 1. The van der Waals surface area contributed by atoms with Crippen LogP contribution in [-0.2, 0) is 11.3 Å². The standard InChI is InChI=1S/C17H15BrCl3N5O/c1-2-15(26-8-11(18)6-22-26)17(27)23-16-14(21)9-25(24-16)7-10-3-4-12(19)5-13(10)20/h3-6,8-9,15H,2,7H2,1H3,(H,23,24,27). The van der Waals surface area contributed by atoms with Gasteiger partial charge in [-0.2, -0.15) is 10.2 Å². The minimum absolute atomic E-state index is 0.246. The van der Waals surface area contributed by atoms with E-state index in [-0.39, 0.29) is 11.7 Å². The van der Waals surface area contributed by atoms with Gasteiger partial charge in [0.05, 0.1) is 17.2 Å². The highest BCUT2D eigenvalue weighted by molar-refractivity contribution is 9.10. The van der Waals surface area contributed by atoms with Crippen molar-refractivity contribution in [3.8, 4) is 0 Å². The summed E-state index contributed by atoms with van der Waals surface area (Å²) in [5.41, 5.74) is 0.839. The van der Waals surface area contributed by atoms with Gasteiger partial charge in [0.25, 0.3) is 0 Å². The van der Waals surface area contributed by atoms with Crippen LogP contribution in [0.3, 0.4) is 0 Å². The molecule has 2 aromatic heterocycles. The molecule has 3 rings (SSSR count). The van der Waals surface area contributed by atoms with Gasteiger partial charge in [0, 0.05) is 22.4 Å². The zero-order valence-corrected chi connectivity index (χ0v) is 18.0. The molecule has 0 bridgehead atoms. The highest BCUT2D eigenvalue weighted by atomic mass is 79.9. The van der Waals surface area contributed by atoms with E-state index in [4.69, 9.17) is 34.8 Å². The van der Waals surface area contributed by atoms with Crippen molar-refractivity contribution >= 4 is 62.5 Å². The molecule has 142 valence electrons. The van der Waals surface area contributed by atoms with Gasteiger partial charge in [0.1, 0.15) is 11.1 Å². The molecule has 6 nitrogen and oxygen atoms in total. The van der Waals surface area contributed by atoms with Crippen LogP contribution in [0.2, 0.25) is 15.1 Å². The number of aromatic nitrogens is 4. The molecule has 3 aromatic rings. The molecule has 10 heteroatoms. The Kier molecular flexibility index (Phi) is 6.47. The number of carbonyl (C=O) groups excluding carboxylic acids is 1. The normalized spacial score (nSPS) is 12.2. The molecule has 27 heavy (non-hydrogen) atoms. The monoisotopic (exact) mass is 489 g/mol. The van der Waals surface area contributed by atoms with E-state index in [9.17, 15) is 4.79 Å². The minimum atomic E-state index is -0.469. The predicted octanol–water partition coefficient (Wildman–Crippen LogP) is 5.44. The Morgan fingerprint density at radius 3 is 2.67 bits per heavy atom. The molecule has 1 N–H and O–H groups in total. The van der Waals surface area contributed by atoms with Gasteiger partial charge in [-0.25, -0.2) is 0 Å². The first-order chi connectivity index (χ1) is 12.9. The Labute approximate surface area is 179 Å². The molecule has 1 atom stereocenters. The van der Waals surface area contributed by atoms with E-state index >= 15 is 0 Å². The summed E-state index contributed by atoms with van der Waals surface area (Å²) in [7, 11) is 0. The summed E-state index contributed by atoms with van der Waals surface area (Å²) in [4.78, 5) is 12.6. The summed E-state index contributed by atoms with van der Waals surface area (Å²) >= 11 is 21.7. The van der Waals surface area contributed by atoms with Crippen molar-refractivity contribution in [1.29, 1.82) is 0 Å². The molecular weight excluding hydrogens is 476 g/mol. The molecule has 0 aliphatic heterocycles. The van der Waals surface area contributed by atoms with Crippen molar-refractivity contribution in [2.75, 3.05) is 5.32 Å². The molecule has 2 heterocycles. The second kappa shape index (κ2) is 8.65. The lowest BCUT2D eigenvalue weighted by Crippen LogP contribution is -2.26. The Morgan fingerprint density at radius 2 is 2.04 bits per heavy atom. The maximum absolute atomic E-state index is 12.6. The predicted molar refractivity (Wildman–Crippen MR) is 111 cm³/mol. The fourth-order valence-corrected chi connectivity index (χ4v) is 3.53. The minimum Gasteiger partial charge on any atom is -0.306 e. The number of hydrogen-bond donors (Lipinski definition) is 1. The third kappa shape index (κ3) is 4.85. The third-order valence-corrected chi connectivity index (χ3v) is 5.16. The van der Waals surface area contributed by atoms with Crippen molar-refractivity contribution in [2.24, 2.45) is 0 Å². The van der Waals surface area contributed by atoms with Gasteiger partial charge >= 0.3 is 0 Å². The van der Waals surface area contributed by atoms with Gasteiger partial charge in [-0.15, -0.1) is 0 Å². The first-order valence-corrected chi connectivity index (χ1v) is 9.97. The van der Waals surface area contributed by atoms with E-state index in [1.54, 1.807) is 40.1 Å². The highest BCUT2D eigenvalue weighted by Gasteiger charge is 2.21. The molecule has 0 aliphatic rings. The number of nitrogens with one attached hydrogen (secondary N) is 1. The first kappa shape index (κ1) is 20.2. The second-order valence-electron chi connectivity index (χ2n) is 5.81. The fraction of sp³-hybridized carbons (Fsp3) is 0.235. The average Bonchev–Trinajstić information content (AvgIpc) is 3.17. The molecule has 0 aliphatic carbocycles. The first-order valence-electron chi connectivity index (χ1n) is 8.04. The van der Waals surface area contributed by atoms with Crippen molar-refractivity contribution in [3.05, 3.63) is 61.9 Å². The van der Waals surface area contributed by atoms with Crippen molar-refractivity contribution in [2.45, 2.75) is 25.9 Å². The Morgan fingerprint density at radius 1 is 1.26 bits per heavy atom. The Balaban J connectivity index is 1.75. The van der Waals surface area contributed by atoms with Gasteiger partial charge in [0.15, 0.2) is 5.82 Å². The number of halogens is 4. The number of benzene rings is 1. The molecular formula is C17H15BrCl3N5O. The molecule has 0 radical (unpaired) electrons. The summed E-state index contributed by atoms with van der Waals surface area (Å²) in [5.74, 6) is 0.0428. The van der Waals surface area contributed by atoms with Gasteiger partial charge in [0.2, 0.25) is 5.91 Å². The van der Waals surface area contributed by atoms with Crippen LogP contribution >= 0.6 is 50.7 Å². The second-order valence-corrected chi connectivity index (χ2v) is 7.98. The van der Waals surface area contributed by atoms with Gasteiger partial charge < -0.3 is 5.32 Å². The van der Waals surface area contributed by atoms with Crippen LogP contribution in [0.5, 0.6) is 0 Å². The quantitative estimate of drug-likeness (QED) is 0.499. The number of rotatable bonds is 6. The molecule has 1 amide bonds. The summed E-state index contributed by atoms with van der Waals surface area (Å²) < 4.78 is 4.01. The zero-order valence-electron chi connectivity index (χ0n) is 14.2. The summed E-state index contributed by atoms with van der Waals surface area (Å²) in [6.07, 6.45) is 5.58. The summed E-state index contributed by atoms with van der Waals surface area (Å²) in [6, 6.07) is 4.77. The summed E-state index contributed by atoms with van der Waals surface area (Å²) in [5, 5.41) is 12.7. The van der Waals surface area contributed by atoms with E-state index in [1.807, 2.05) is 13.0 Å². The van der Waals surface area contributed by atoms with Crippen LogP contribution in [-0.4, -0.2) is 25.5 Å². The van der Waals surface area contributed by atoms with Crippen LogP contribution in [0.25, 0.3) is 0 Å². The number of carbonyl (C=O) groups is 1. The van der Waals surface area contributed by atoms with Crippen LogP contribution in [0, 0.1) is 0 Å². The van der Waals surface area contributed by atoms with E-state index < -0.39 is 6.04 Å². The molecule has 0 saturated carbocycles. The van der Waals surface area contributed by atoms with E-state index in [1.165, 1.54) is 0 Å². The lowest BCUT2D eigenvalue weighted by Gasteiger charge is -2.14. The topological polar surface area (TPSA) is 64.7 Å². The molecule has 1 aromatic carbocycles. The van der Waals surface area contributed by atoms with E-state index in [2.05, 4.69) is 31.4 Å². The Hall–Kier alpha value is -1.54. The van der Waals surface area contributed by atoms with Gasteiger partial charge in [-0.3, -0.25) is 14.2 Å². The van der Waals surface area contributed by atoms with Crippen LogP contribution in [0.4, 0.5) is 5.82 Å². The SMILES string of the molecule is CCC(C(=O)Nc1nn(Cc2ccc(Cl)cc2Cl)cc1Cl)n1cc(Br)cn1. The van der Waals surface area contributed by atoms with E-state index in [0.717, 1.165) is 10.0 Å². The van der Waals surface area contributed by atoms with Gasteiger partial charge in [-0.1, -0.05) is 47.8 Å². The van der Waals surface area contributed by atoms with Crippen LogP contribution < -0.4 is 5.32 Å². The lowest BCUT2D eigenvalue weighted by molar-refractivity contribution is -0.119. The molecule has 0 spiro atoms. The maximum atomic E-state index is 12.6. The largest absolute Gasteiger partial charge is 0.306 e. The molecule has 0 fully saturated rings. The summed E-state index contributed by atoms with van der Waals surface area (Å²) in [6.45, 7) is 2.30. The van der Waals surface area contributed by atoms with E-state index in [0.29, 0.717) is 28.0 Å². The number of amides is 1. The fourth-order valence-electron chi connectivity index (χ4n) is 2.57. The molecule has 1 unspecified atom stereocenters. The third-order valence-electron chi connectivity index (χ3n) is 3.88.